The van der Waals surface area contributed by atoms with Gasteiger partial charge in [-0.25, -0.2) is 0 Å². The third-order valence-corrected chi connectivity index (χ3v) is 3.24. The SMILES string of the molecule is Cc1cccc(NC(=S)NC(=O)/C=C\c2ccco2)c1C. The summed E-state index contributed by atoms with van der Waals surface area (Å²) < 4.78 is 5.10. The Morgan fingerprint density at radius 3 is 2.76 bits per heavy atom. The van der Waals surface area contributed by atoms with Crippen LogP contribution in [0, 0.1) is 13.8 Å². The molecule has 1 amide bonds. The minimum Gasteiger partial charge on any atom is -0.465 e. The quantitative estimate of drug-likeness (QED) is 0.673. The zero-order valence-corrected chi connectivity index (χ0v) is 12.7. The molecule has 0 fully saturated rings. The number of carbonyl (C=O) groups is 1. The second-order valence-corrected chi connectivity index (χ2v) is 4.95. The molecule has 4 nitrogen and oxygen atoms in total. The zero-order valence-electron chi connectivity index (χ0n) is 11.8. The molecule has 0 aliphatic heterocycles. The summed E-state index contributed by atoms with van der Waals surface area (Å²) in [5.74, 6) is 0.299. The summed E-state index contributed by atoms with van der Waals surface area (Å²) in [6.45, 7) is 4.02. The molecule has 1 aromatic heterocycles. The molecule has 0 saturated heterocycles. The van der Waals surface area contributed by atoms with Crippen LogP contribution in [0.15, 0.2) is 47.1 Å². The van der Waals surface area contributed by atoms with E-state index < -0.39 is 0 Å². The number of amides is 1. The number of hydrogen-bond donors (Lipinski definition) is 2. The molecule has 108 valence electrons. The van der Waals surface area contributed by atoms with E-state index in [1.807, 2.05) is 32.0 Å². The van der Waals surface area contributed by atoms with E-state index >= 15 is 0 Å². The number of anilines is 1. The molecule has 2 rings (SSSR count). The van der Waals surface area contributed by atoms with Crippen LogP contribution in [0.3, 0.4) is 0 Å². The topological polar surface area (TPSA) is 54.3 Å². The molecule has 1 heterocycles. The average molecular weight is 300 g/mol. The van der Waals surface area contributed by atoms with Crippen molar-refractivity contribution in [1.82, 2.24) is 5.32 Å². The highest BCUT2D eigenvalue weighted by Gasteiger charge is 2.05. The summed E-state index contributed by atoms with van der Waals surface area (Å²) in [5.41, 5.74) is 3.14. The van der Waals surface area contributed by atoms with Gasteiger partial charge in [-0.15, -0.1) is 0 Å². The van der Waals surface area contributed by atoms with Crippen LogP contribution in [-0.4, -0.2) is 11.0 Å². The average Bonchev–Trinajstić information content (AvgIpc) is 2.95. The summed E-state index contributed by atoms with van der Waals surface area (Å²) in [6.07, 6.45) is 4.50. The molecule has 5 heteroatoms. The molecule has 2 N–H and O–H groups in total. The molecular formula is C16H16N2O2S. The third kappa shape index (κ3) is 4.29. The van der Waals surface area contributed by atoms with E-state index in [4.69, 9.17) is 16.6 Å². The highest BCUT2D eigenvalue weighted by atomic mass is 32.1. The van der Waals surface area contributed by atoms with Crippen molar-refractivity contribution in [3.05, 3.63) is 59.6 Å². The Kier molecular flexibility index (Phi) is 4.90. The van der Waals surface area contributed by atoms with Crippen molar-refractivity contribution in [2.45, 2.75) is 13.8 Å². The van der Waals surface area contributed by atoms with E-state index in [2.05, 4.69) is 10.6 Å². The summed E-state index contributed by atoms with van der Waals surface area (Å²) in [4.78, 5) is 11.7. The number of benzene rings is 1. The number of rotatable bonds is 3. The highest BCUT2D eigenvalue weighted by Crippen LogP contribution is 2.17. The van der Waals surface area contributed by atoms with Crippen molar-refractivity contribution < 1.29 is 9.21 Å². The lowest BCUT2D eigenvalue weighted by atomic mass is 10.1. The maximum absolute atomic E-state index is 11.7. The lowest BCUT2D eigenvalue weighted by Crippen LogP contribution is -2.33. The van der Waals surface area contributed by atoms with Crippen LogP contribution < -0.4 is 10.6 Å². The fourth-order valence-corrected chi connectivity index (χ4v) is 1.95. The Labute approximate surface area is 128 Å². The number of carbonyl (C=O) groups excluding carboxylic acids is 1. The van der Waals surface area contributed by atoms with Gasteiger partial charge in [0.2, 0.25) is 5.91 Å². The lowest BCUT2D eigenvalue weighted by Gasteiger charge is -2.12. The van der Waals surface area contributed by atoms with Gasteiger partial charge in [-0.3, -0.25) is 10.1 Å². The normalized spacial score (nSPS) is 10.6. The first-order valence-corrected chi connectivity index (χ1v) is 6.87. The lowest BCUT2D eigenvalue weighted by molar-refractivity contribution is -0.115. The Morgan fingerprint density at radius 1 is 1.24 bits per heavy atom. The fourth-order valence-electron chi connectivity index (χ4n) is 1.74. The van der Waals surface area contributed by atoms with Crippen molar-refractivity contribution in [2.24, 2.45) is 0 Å². The molecular weight excluding hydrogens is 284 g/mol. The Bertz CT molecular complexity index is 676. The van der Waals surface area contributed by atoms with Crippen molar-refractivity contribution in [1.29, 1.82) is 0 Å². The molecule has 2 aromatic rings. The number of furan rings is 1. The number of hydrogen-bond acceptors (Lipinski definition) is 3. The Hall–Kier alpha value is -2.40. The summed E-state index contributed by atoms with van der Waals surface area (Å²) in [7, 11) is 0. The maximum Gasteiger partial charge on any atom is 0.250 e. The number of thiocarbonyl (C=S) groups is 1. The molecule has 0 radical (unpaired) electrons. The minimum absolute atomic E-state index is 0.262. The van der Waals surface area contributed by atoms with Crippen LogP contribution in [0.5, 0.6) is 0 Å². The highest BCUT2D eigenvalue weighted by molar-refractivity contribution is 7.80. The fraction of sp³-hybridized carbons (Fsp3) is 0.125. The van der Waals surface area contributed by atoms with E-state index in [0.717, 1.165) is 16.8 Å². The van der Waals surface area contributed by atoms with Gasteiger partial charge in [0, 0.05) is 11.8 Å². The van der Waals surface area contributed by atoms with E-state index in [0.29, 0.717) is 5.76 Å². The predicted octanol–water partition coefficient (Wildman–Crippen LogP) is 3.42. The van der Waals surface area contributed by atoms with Gasteiger partial charge in [0.15, 0.2) is 5.11 Å². The first-order valence-electron chi connectivity index (χ1n) is 6.46. The molecule has 0 atom stereocenters. The Morgan fingerprint density at radius 2 is 2.05 bits per heavy atom. The van der Waals surface area contributed by atoms with Gasteiger partial charge in [0.05, 0.1) is 6.26 Å². The monoisotopic (exact) mass is 300 g/mol. The van der Waals surface area contributed by atoms with Crippen LogP contribution in [0.2, 0.25) is 0 Å². The molecule has 0 unspecified atom stereocenters. The van der Waals surface area contributed by atoms with E-state index in [-0.39, 0.29) is 11.0 Å². The van der Waals surface area contributed by atoms with Gasteiger partial charge >= 0.3 is 0 Å². The van der Waals surface area contributed by atoms with Gasteiger partial charge in [-0.05, 0) is 61.5 Å². The second-order valence-electron chi connectivity index (χ2n) is 4.54. The van der Waals surface area contributed by atoms with Crippen LogP contribution in [0.25, 0.3) is 6.08 Å². The zero-order chi connectivity index (χ0) is 15.2. The largest absolute Gasteiger partial charge is 0.465 e. The van der Waals surface area contributed by atoms with Crippen LogP contribution in [0.4, 0.5) is 5.69 Å². The first-order chi connectivity index (χ1) is 10.1. The van der Waals surface area contributed by atoms with Gasteiger partial charge in [0.25, 0.3) is 0 Å². The van der Waals surface area contributed by atoms with Gasteiger partial charge in [0.1, 0.15) is 5.76 Å². The van der Waals surface area contributed by atoms with Crippen molar-refractivity contribution >= 4 is 35.0 Å². The van der Waals surface area contributed by atoms with Crippen LogP contribution in [-0.2, 0) is 4.79 Å². The third-order valence-electron chi connectivity index (χ3n) is 3.03. The predicted molar refractivity (Wildman–Crippen MR) is 88.0 cm³/mol. The first kappa shape index (κ1) is 15.0. The Balaban J connectivity index is 1.92. The van der Waals surface area contributed by atoms with Crippen LogP contribution in [0.1, 0.15) is 16.9 Å². The van der Waals surface area contributed by atoms with E-state index in [9.17, 15) is 4.79 Å². The molecule has 1 aromatic carbocycles. The summed E-state index contributed by atoms with van der Waals surface area (Å²) in [6, 6.07) is 9.39. The molecule has 0 spiro atoms. The van der Waals surface area contributed by atoms with Crippen molar-refractivity contribution in [2.75, 3.05) is 5.32 Å². The standard InChI is InChI=1S/C16H16N2O2S/c1-11-5-3-7-14(12(11)2)17-16(21)18-15(19)9-8-13-6-4-10-20-13/h3-10H,1-2H3,(H2,17,18,19,21)/b9-8-. The maximum atomic E-state index is 11.7. The second kappa shape index (κ2) is 6.85. The van der Waals surface area contributed by atoms with Crippen molar-refractivity contribution in [3.8, 4) is 0 Å². The number of nitrogens with one attached hydrogen (secondary N) is 2. The van der Waals surface area contributed by atoms with Gasteiger partial charge in [-0.2, -0.15) is 0 Å². The molecule has 0 aliphatic carbocycles. The van der Waals surface area contributed by atoms with E-state index in [1.165, 1.54) is 6.08 Å². The van der Waals surface area contributed by atoms with Gasteiger partial charge < -0.3 is 9.73 Å². The summed E-state index contributed by atoms with van der Waals surface area (Å²) >= 11 is 5.13. The molecule has 0 aliphatic rings. The minimum atomic E-state index is -0.311. The van der Waals surface area contributed by atoms with Crippen LogP contribution >= 0.6 is 12.2 Å². The number of aryl methyl sites for hydroxylation is 1. The van der Waals surface area contributed by atoms with E-state index in [1.54, 1.807) is 24.5 Å². The molecule has 0 bridgehead atoms. The molecule has 0 saturated carbocycles. The molecule has 21 heavy (non-hydrogen) atoms. The van der Waals surface area contributed by atoms with Gasteiger partial charge in [-0.1, -0.05) is 12.1 Å². The van der Waals surface area contributed by atoms with Crippen molar-refractivity contribution in [3.63, 3.8) is 0 Å². The smallest absolute Gasteiger partial charge is 0.250 e. The summed E-state index contributed by atoms with van der Waals surface area (Å²) in [5, 5.41) is 5.87.